The normalized spacial score (nSPS) is 13.7. The quantitative estimate of drug-likeness (QED) is 0.184. The molecule has 9 aromatic rings. The first kappa shape index (κ1) is 20.7. The average Bonchev–Trinajstić information content (AvgIpc) is 3.64. The van der Waals surface area contributed by atoms with Crippen LogP contribution in [0.1, 0.15) is 11.0 Å². The zero-order valence-corrected chi connectivity index (χ0v) is 25.6. The fourth-order valence-corrected chi connectivity index (χ4v) is 6.45. The molecule has 2 heteroatoms. The summed E-state index contributed by atoms with van der Waals surface area (Å²) >= 11 is 0. The molecule has 0 bridgehead atoms. The molecule has 9 rings (SSSR count). The predicted octanol–water partition coefficient (Wildman–Crippen LogP) is 13.2. The van der Waals surface area contributed by atoms with Crippen LogP contribution in [-0.4, -0.2) is 0 Å². The Morgan fingerprint density at radius 1 is 0.438 bits per heavy atom. The van der Waals surface area contributed by atoms with E-state index in [1.807, 2.05) is 120 Å². The first-order valence-electron chi connectivity index (χ1n) is 19.7. The molecule has 8 aromatic carbocycles. The van der Waals surface area contributed by atoms with Gasteiger partial charge in [-0.15, -0.1) is 0 Å². The molecule has 0 aliphatic carbocycles. The first-order valence-corrected chi connectivity index (χ1v) is 15.7. The van der Waals surface area contributed by atoms with Gasteiger partial charge < -0.3 is 9.32 Å². The molecular formula is C46H31NO. The van der Waals surface area contributed by atoms with Crippen molar-refractivity contribution >= 4 is 49.8 Å². The van der Waals surface area contributed by atoms with Gasteiger partial charge in [0.05, 0.1) is 27.7 Å². The van der Waals surface area contributed by atoms with Crippen molar-refractivity contribution in [3.63, 3.8) is 0 Å². The van der Waals surface area contributed by atoms with Crippen LogP contribution in [0.25, 0.3) is 66.1 Å². The van der Waals surface area contributed by atoms with Crippen molar-refractivity contribution in [3.05, 3.63) is 188 Å². The number of anilines is 3. The summed E-state index contributed by atoms with van der Waals surface area (Å²) in [7, 11) is 0. The third-order valence-corrected chi connectivity index (χ3v) is 8.66. The Morgan fingerprint density at radius 3 is 1.73 bits per heavy atom. The van der Waals surface area contributed by atoms with Gasteiger partial charge in [-0.1, -0.05) is 152 Å². The van der Waals surface area contributed by atoms with E-state index in [1.165, 1.54) is 0 Å². The molecule has 226 valence electrons. The zero-order valence-electron chi connectivity index (χ0n) is 33.6. The molecule has 0 unspecified atom stereocenters. The van der Waals surface area contributed by atoms with E-state index in [-0.39, 0.29) is 74.2 Å². The van der Waals surface area contributed by atoms with Gasteiger partial charge in [-0.25, -0.2) is 0 Å². The average molecular weight is 622 g/mol. The topological polar surface area (TPSA) is 16.4 Å². The third kappa shape index (κ3) is 4.74. The minimum atomic E-state index is -0.466. The predicted molar refractivity (Wildman–Crippen MR) is 202 cm³/mol. The lowest BCUT2D eigenvalue weighted by molar-refractivity contribution is 0.672. The molecule has 0 saturated heterocycles. The van der Waals surface area contributed by atoms with Gasteiger partial charge in [-0.2, -0.15) is 0 Å². The molecule has 0 fully saturated rings. The van der Waals surface area contributed by atoms with Gasteiger partial charge in [0.25, 0.3) is 0 Å². The van der Waals surface area contributed by atoms with Crippen molar-refractivity contribution in [3.8, 4) is 33.4 Å². The molecule has 0 atom stereocenters. The van der Waals surface area contributed by atoms with E-state index in [9.17, 15) is 2.74 Å². The van der Waals surface area contributed by atoms with Crippen LogP contribution in [0.5, 0.6) is 0 Å². The maximum atomic E-state index is 9.89. The second kappa shape index (κ2) is 11.8. The van der Waals surface area contributed by atoms with E-state index >= 15 is 0 Å². The summed E-state index contributed by atoms with van der Waals surface area (Å²) in [5.41, 5.74) is 6.00. The fourth-order valence-electron chi connectivity index (χ4n) is 6.45. The van der Waals surface area contributed by atoms with Gasteiger partial charge in [0.2, 0.25) is 0 Å². The largest absolute Gasteiger partial charge is 0.455 e. The van der Waals surface area contributed by atoms with E-state index in [0.29, 0.717) is 16.9 Å². The van der Waals surface area contributed by atoms with Gasteiger partial charge in [-0.05, 0) is 69.5 Å². The lowest BCUT2D eigenvalue weighted by atomic mass is 9.95. The van der Waals surface area contributed by atoms with Crippen LogP contribution in [0, 0.1) is 0 Å². The highest BCUT2D eigenvalue weighted by atomic mass is 16.3. The molecule has 0 aliphatic rings. The molecule has 48 heavy (non-hydrogen) atoms. The Kier molecular flexibility index (Phi) is 5.07. The minimum Gasteiger partial charge on any atom is -0.455 e. The number of rotatable bonds is 6. The first-order chi connectivity index (χ1) is 27.2. The minimum absolute atomic E-state index is 0.0119. The molecule has 1 heterocycles. The molecule has 0 aliphatic heterocycles. The monoisotopic (exact) mass is 621 g/mol. The van der Waals surface area contributed by atoms with E-state index in [1.54, 1.807) is 24.3 Å². The van der Waals surface area contributed by atoms with Crippen LogP contribution < -0.4 is 4.90 Å². The van der Waals surface area contributed by atoms with Crippen LogP contribution >= 0.6 is 0 Å². The van der Waals surface area contributed by atoms with Gasteiger partial charge in [0.1, 0.15) is 11.2 Å². The summed E-state index contributed by atoms with van der Waals surface area (Å²) in [6.45, 7) is 0. The number of para-hydroxylation sites is 1. The van der Waals surface area contributed by atoms with Crippen LogP contribution in [-0.2, 0) is 0 Å². The van der Waals surface area contributed by atoms with Gasteiger partial charge in [0.15, 0.2) is 0 Å². The molecular weight excluding hydrogens is 583 g/mol. The highest BCUT2D eigenvalue weighted by Crippen LogP contribution is 2.48. The fraction of sp³-hybridized carbons (Fsp3) is 0. The van der Waals surface area contributed by atoms with E-state index < -0.39 is 18.1 Å². The molecule has 0 radical (unpaired) electrons. The van der Waals surface area contributed by atoms with Crippen LogP contribution in [0.15, 0.2) is 192 Å². The van der Waals surface area contributed by atoms with E-state index in [2.05, 4.69) is 0 Å². The Balaban J connectivity index is 1.47. The number of nitrogens with zero attached hydrogens (tertiary/aromatic N) is 1. The summed E-state index contributed by atoms with van der Waals surface area (Å²) in [5, 5.41) is 0.574. The summed E-state index contributed by atoms with van der Waals surface area (Å²) in [5.74, 6) is 0. The van der Waals surface area contributed by atoms with Crippen LogP contribution in [0.2, 0.25) is 0 Å². The zero-order chi connectivity index (χ0) is 38.8. The number of hydrogen-bond donors (Lipinski definition) is 0. The van der Waals surface area contributed by atoms with Crippen LogP contribution in [0.3, 0.4) is 0 Å². The Bertz CT molecular complexity index is 2990. The van der Waals surface area contributed by atoms with Gasteiger partial charge >= 0.3 is 0 Å². The smallest absolute Gasteiger partial charge is 0.143 e. The van der Waals surface area contributed by atoms with Gasteiger partial charge in [-0.3, -0.25) is 0 Å². The molecule has 0 saturated carbocycles. The second-order valence-electron chi connectivity index (χ2n) is 11.5. The molecule has 1 aromatic heterocycles. The Hall–Kier alpha value is -6.38. The van der Waals surface area contributed by atoms with E-state index in [0.717, 1.165) is 22.3 Å². The summed E-state index contributed by atoms with van der Waals surface area (Å²) < 4.78 is 79.7. The number of fused-ring (bicyclic) bond motifs is 5. The van der Waals surface area contributed by atoms with Crippen LogP contribution in [0.4, 0.5) is 17.1 Å². The van der Waals surface area contributed by atoms with Crippen molar-refractivity contribution in [2.45, 2.75) is 0 Å². The maximum Gasteiger partial charge on any atom is 0.143 e. The summed E-state index contributed by atoms with van der Waals surface area (Å²) in [6.07, 6.45) is 0. The van der Waals surface area contributed by atoms with Crippen molar-refractivity contribution < 1.29 is 15.4 Å². The van der Waals surface area contributed by atoms with Crippen molar-refractivity contribution in [2.75, 3.05) is 4.90 Å². The van der Waals surface area contributed by atoms with E-state index in [4.69, 9.17) is 12.6 Å². The Labute approximate surface area is 291 Å². The number of hydrogen-bond acceptors (Lipinski definition) is 2. The molecule has 0 amide bonds. The summed E-state index contributed by atoms with van der Waals surface area (Å²) in [4.78, 5) is 1.88. The Morgan fingerprint density at radius 2 is 1.02 bits per heavy atom. The lowest BCUT2D eigenvalue weighted by Gasteiger charge is -2.28. The standard InChI is InChI=1S/C46H31NO/c1-4-15-32(16-5-1)33-27-29-36(30-28-33)47(42-24-13-12-21-37(42)34-17-6-2-7-18-34)43-25-14-26-44-45(43)41-31-40(35-19-8-3-9-20-35)38-22-10-11-23-39(38)46(41)48-44/h1-31H/i10D,11D,14D,22D,23D,25D,26D,31D. The number of benzene rings is 8. The third-order valence-electron chi connectivity index (χ3n) is 8.66. The molecule has 2 nitrogen and oxygen atoms in total. The van der Waals surface area contributed by atoms with Crippen molar-refractivity contribution in [2.24, 2.45) is 0 Å². The number of furan rings is 1. The maximum absolute atomic E-state index is 9.89. The molecule has 0 spiro atoms. The highest BCUT2D eigenvalue weighted by Gasteiger charge is 2.23. The molecule has 0 N–H and O–H groups in total. The summed E-state index contributed by atoms with van der Waals surface area (Å²) in [6, 6.07) is 41.7. The van der Waals surface area contributed by atoms with Crippen molar-refractivity contribution in [1.29, 1.82) is 0 Å². The lowest BCUT2D eigenvalue weighted by Crippen LogP contribution is -2.11. The highest BCUT2D eigenvalue weighted by molar-refractivity contribution is 6.22. The van der Waals surface area contributed by atoms with Gasteiger partial charge in [0, 0.05) is 22.0 Å². The SMILES string of the molecule is [2H]c1c([2H])c(N(c2ccc(-c3ccccc3)cc2)c2ccccc2-c2ccccc2)c2c(oc3c4c([2H])c([2H])c([2H])c([2H])c4c(-c4ccccc4)c([2H])c32)c1[2H]. The second-order valence-corrected chi connectivity index (χ2v) is 11.5. The van der Waals surface area contributed by atoms with Crippen molar-refractivity contribution in [1.82, 2.24) is 0 Å².